The average molecular weight is 386 g/mol. The number of carbonyl (C=O) groups is 1. The zero-order chi connectivity index (χ0) is 15.1. The Balaban J connectivity index is 1.77. The smallest absolute Gasteiger partial charge is 0.250 e. The van der Waals surface area contributed by atoms with Crippen LogP contribution in [0, 0.1) is 0 Å². The number of halogens is 2. The third-order valence-corrected chi connectivity index (χ3v) is 3.80. The second-order valence-corrected chi connectivity index (χ2v) is 6.11. The fraction of sp³-hybridized carbons (Fsp3) is 0.0769. The summed E-state index contributed by atoms with van der Waals surface area (Å²) in [6.07, 6.45) is 4.55. The molecule has 5 nitrogen and oxygen atoms in total. The zero-order valence-electron chi connectivity index (χ0n) is 10.7. The van der Waals surface area contributed by atoms with Gasteiger partial charge in [-0.25, -0.2) is 15.4 Å². The van der Waals surface area contributed by atoms with E-state index >= 15 is 0 Å². The van der Waals surface area contributed by atoms with Crippen molar-refractivity contribution >= 4 is 51.4 Å². The SMILES string of the molecule is O=C(CSc1ncc(Cl)cn1)NN=Cc1ccc(Br)cc1. The average Bonchev–Trinajstić information content (AvgIpc) is 2.49. The van der Waals surface area contributed by atoms with Crippen molar-refractivity contribution in [2.24, 2.45) is 5.10 Å². The van der Waals surface area contributed by atoms with Crippen LogP contribution in [0.3, 0.4) is 0 Å². The van der Waals surface area contributed by atoms with Crippen LogP contribution in [0.15, 0.2) is 51.4 Å². The maximum atomic E-state index is 11.6. The van der Waals surface area contributed by atoms with Crippen LogP contribution < -0.4 is 5.43 Å². The summed E-state index contributed by atoms with van der Waals surface area (Å²) in [5.41, 5.74) is 3.34. The monoisotopic (exact) mass is 384 g/mol. The van der Waals surface area contributed by atoms with Gasteiger partial charge in [0.05, 0.1) is 29.4 Å². The molecule has 2 rings (SSSR count). The Morgan fingerprint density at radius 2 is 2.00 bits per heavy atom. The number of carbonyl (C=O) groups excluding carboxylic acids is 1. The maximum Gasteiger partial charge on any atom is 0.250 e. The van der Waals surface area contributed by atoms with Gasteiger partial charge >= 0.3 is 0 Å². The largest absolute Gasteiger partial charge is 0.272 e. The highest BCUT2D eigenvalue weighted by Gasteiger charge is 2.03. The highest BCUT2D eigenvalue weighted by atomic mass is 79.9. The summed E-state index contributed by atoms with van der Waals surface area (Å²) in [6, 6.07) is 7.57. The van der Waals surface area contributed by atoms with Gasteiger partial charge in [-0.05, 0) is 17.7 Å². The highest BCUT2D eigenvalue weighted by Crippen LogP contribution is 2.13. The number of hydrazone groups is 1. The molecule has 1 N–H and O–H groups in total. The number of hydrogen-bond donors (Lipinski definition) is 1. The minimum absolute atomic E-state index is 0.180. The number of nitrogens with one attached hydrogen (secondary N) is 1. The summed E-state index contributed by atoms with van der Waals surface area (Å²) in [7, 11) is 0. The van der Waals surface area contributed by atoms with E-state index in [2.05, 4.69) is 36.4 Å². The molecule has 1 aromatic carbocycles. The van der Waals surface area contributed by atoms with Crippen molar-refractivity contribution in [2.75, 3.05) is 5.75 Å². The number of rotatable bonds is 5. The van der Waals surface area contributed by atoms with E-state index in [9.17, 15) is 4.79 Å². The fourth-order valence-electron chi connectivity index (χ4n) is 1.26. The van der Waals surface area contributed by atoms with Gasteiger partial charge in [0.1, 0.15) is 0 Å². The van der Waals surface area contributed by atoms with E-state index in [1.54, 1.807) is 6.21 Å². The summed E-state index contributed by atoms with van der Waals surface area (Å²) < 4.78 is 0.989. The molecule has 0 spiro atoms. The van der Waals surface area contributed by atoms with Gasteiger partial charge in [0.25, 0.3) is 5.91 Å². The first-order chi connectivity index (χ1) is 10.1. The van der Waals surface area contributed by atoms with Crippen LogP contribution in [-0.2, 0) is 4.79 Å². The molecule has 0 saturated carbocycles. The van der Waals surface area contributed by atoms with E-state index in [1.807, 2.05) is 24.3 Å². The molecular formula is C13H10BrClN4OS. The van der Waals surface area contributed by atoms with Gasteiger partial charge in [-0.1, -0.05) is 51.4 Å². The van der Waals surface area contributed by atoms with Crippen LogP contribution in [0.4, 0.5) is 0 Å². The van der Waals surface area contributed by atoms with Gasteiger partial charge in [0, 0.05) is 4.47 Å². The van der Waals surface area contributed by atoms with Crippen LogP contribution in [0.5, 0.6) is 0 Å². The van der Waals surface area contributed by atoms with Crippen LogP contribution >= 0.6 is 39.3 Å². The molecule has 1 aromatic heterocycles. The van der Waals surface area contributed by atoms with Crippen molar-refractivity contribution in [2.45, 2.75) is 5.16 Å². The minimum Gasteiger partial charge on any atom is -0.272 e. The summed E-state index contributed by atoms with van der Waals surface area (Å²) in [4.78, 5) is 19.6. The Morgan fingerprint density at radius 3 is 2.67 bits per heavy atom. The van der Waals surface area contributed by atoms with E-state index in [-0.39, 0.29) is 11.7 Å². The number of nitrogens with zero attached hydrogens (tertiary/aromatic N) is 3. The van der Waals surface area contributed by atoms with Crippen molar-refractivity contribution in [3.8, 4) is 0 Å². The molecule has 0 aliphatic rings. The molecule has 1 heterocycles. The molecule has 0 bridgehead atoms. The summed E-state index contributed by atoms with van der Waals surface area (Å²) in [6.45, 7) is 0. The zero-order valence-corrected chi connectivity index (χ0v) is 13.8. The van der Waals surface area contributed by atoms with Crippen LogP contribution in [-0.4, -0.2) is 27.8 Å². The normalized spacial score (nSPS) is 10.8. The lowest BCUT2D eigenvalue weighted by molar-refractivity contribution is -0.118. The molecular weight excluding hydrogens is 376 g/mol. The van der Waals surface area contributed by atoms with Crippen LogP contribution in [0.25, 0.3) is 0 Å². The number of aromatic nitrogens is 2. The van der Waals surface area contributed by atoms with Crippen molar-refractivity contribution in [1.82, 2.24) is 15.4 Å². The Hall–Kier alpha value is -1.44. The quantitative estimate of drug-likeness (QED) is 0.372. The molecule has 0 unspecified atom stereocenters. The Labute approximate surface area is 139 Å². The molecule has 1 amide bonds. The predicted molar refractivity (Wildman–Crippen MR) is 87.6 cm³/mol. The predicted octanol–water partition coefficient (Wildman–Crippen LogP) is 3.13. The van der Waals surface area contributed by atoms with Gasteiger partial charge in [-0.15, -0.1) is 0 Å². The molecule has 2 aromatic rings. The molecule has 0 fully saturated rings. The molecule has 21 heavy (non-hydrogen) atoms. The standard InChI is InChI=1S/C13H10BrClN4OS/c14-10-3-1-9(2-4-10)5-18-19-12(20)8-21-13-16-6-11(15)7-17-13/h1-7H,8H2,(H,19,20). The van der Waals surface area contributed by atoms with Crippen LogP contribution in [0.2, 0.25) is 5.02 Å². The second-order valence-electron chi connectivity index (χ2n) is 3.82. The van der Waals surface area contributed by atoms with E-state index in [4.69, 9.17) is 11.6 Å². The van der Waals surface area contributed by atoms with Crippen molar-refractivity contribution < 1.29 is 4.79 Å². The number of hydrogen-bond acceptors (Lipinski definition) is 5. The van der Waals surface area contributed by atoms with E-state index < -0.39 is 0 Å². The first kappa shape index (κ1) is 15.9. The first-order valence-electron chi connectivity index (χ1n) is 5.81. The maximum absolute atomic E-state index is 11.6. The third kappa shape index (κ3) is 5.82. The first-order valence-corrected chi connectivity index (χ1v) is 7.97. The third-order valence-electron chi connectivity index (χ3n) is 2.20. The summed E-state index contributed by atoms with van der Waals surface area (Å²) >= 11 is 10.2. The highest BCUT2D eigenvalue weighted by molar-refractivity contribution is 9.10. The second kappa shape index (κ2) is 8.11. The Kier molecular flexibility index (Phi) is 6.16. The molecule has 0 aliphatic carbocycles. The van der Waals surface area contributed by atoms with Gasteiger partial charge < -0.3 is 0 Å². The number of thioether (sulfide) groups is 1. The lowest BCUT2D eigenvalue weighted by Gasteiger charge is -1.99. The topological polar surface area (TPSA) is 67.2 Å². The molecule has 108 valence electrons. The van der Waals surface area contributed by atoms with Crippen LogP contribution in [0.1, 0.15) is 5.56 Å². The molecule has 8 heteroatoms. The Bertz CT molecular complexity index is 634. The lowest BCUT2D eigenvalue weighted by atomic mass is 10.2. The number of amides is 1. The number of benzene rings is 1. The minimum atomic E-state index is -0.230. The fourth-order valence-corrected chi connectivity index (χ4v) is 2.21. The molecule has 0 atom stereocenters. The Morgan fingerprint density at radius 1 is 1.33 bits per heavy atom. The van der Waals surface area contributed by atoms with Gasteiger partial charge in [-0.2, -0.15) is 5.10 Å². The van der Waals surface area contributed by atoms with Gasteiger partial charge in [0.2, 0.25) is 0 Å². The molecule has 0 saturated heterocycles. The van der Waals surface area contributed by atoms with Crippen molar-refractivity contribution in [1.29, 1.82) is 0 Å². The van der Waals surface area contributed by atoms with E-state index in [0.717, 1.165) is 10.0 Å². The van der Waals surface area contributed by atoms with Gasteiger partial charge in [-0.3, -0.25) is 4.79 Å². The molecule has 0 aliphatic heterocycles. The summed E-state index contributed by atoms with van der Waals surface area (Å²) in [5.74, 6) is -0.0498. The van der Waals surface area contributed by atoms with Gasteiger partial charge in [0.15, 0.2) is 5.16 Å². The summed E-state index contributed by atoms with van der Waals surface area (Å²) in [5, 5.41) is 4.84. The van der Waals surface area contributed by atoms with E-state index in [1.165, 1.54) is 24.2 Å². The van der Waals surface area contributed by atoms with Crippen molar-refractivity contribution in [3.63, 3.8) is 0 Å². The lowest BCUT2D eigenvalue weighted by Crippen LogP contribution is -2.19. The molecule has 0 radical (unpaired) electrons. The van der Waals surface area contributed by atoms with Crippen molar-refractivity contribution in [3.05, 3.63) is 51.7 Å². The van der Waals surface area contributed by atoms with E-state index in [0.29, 0.717) is 10.2 Å².